The van der Waals surface area contributed by atoms with Gasteiger partial charge in [-0.25, -0.2) is 4.39 Å². The molecule has 2 saturated heterocycles. The highest BCUT2D eigenvalue weighted by molar-refractivity contribution is 6.46. The van der Waals surface area contributed by atoms with Crippen LogP contribution in [0.4, 0.5) is 4.39 Å². The van der Waals surface area contributed by atoms with Crippen LogP contribution in [0.5, 0.6) is 0 Å². The maximum absolute atomic E-state index is 13.3. The predicted molar refractivity (Wildman–Crippen MR) is 106 cm³/mol. The van der Waals surface area contributed by atoms with Crippen molar-refractivity contribution in [3.05, 3.63) is 64.9 Å². The van der Waals surface area contributed by atoms with Crippen molar-refractivity contribution in [1.82, 2.24) is 9.80 Å². The minimum Gasteiger partial charge on any atom is -0.507 e. The van der Waals surface area contributed by atoms with Gasteiger partial charge in [-0.15, -0.1) is 0 Å². The number of aliphatic hydroxyl groups excluding tert-OH is 1. The van der Waals surface area contributed by atoms with Crippen molar-refractivity contribution in [3.63, 3.8) is 0 Å². The molecule has 30 heavy (non-hydrogen) atoms. The lowest BCUT2D eigenvalue weighted by atomic mass is 9.99. The lowest BCUT2D eigenvalue weighted by Gasteiger charge is -2.30. The van der Waals surface area contributed by atoms with Crippen LogP contribution in [0, 0.1) is 12.7 Å². The van der Waals surface area contributed by atoms with Gasteiger partial charge in [-0.05, 0) is 43.3 Å². The molecule has 2 aromatic rings. The minimum absolute atomic E-state index is 0.0528. The molecule has 0 unspecified atom stereocenters. The molecule has 0 saturated carbocycles. The van der Waals surface area contributed by atoms with E-state index in [0.717, 1.165) is 13.1 Å². The van der Waals surface area contributed by atoms with Gasteiger partial charge in [-0.2, -0.15) is 0 Å². The van der Waals surface area contributed by atoms with Crippen molar-refractivity contribution >= 4 is 17.4 Å². The van der Waals surface area contributed by atoms with Gasteiger partial charge in [-0.3, -0.25) is 14.5 Å². The maximum atomic E-state index is 13.3. The number of likely N-dealkylation sites (tertiary alicyclic amines) is 1. The number of aliphatic hydroxyl groups is 1. The number of ether oxygens (including phenoxy) is 1. The number of Topliss-reactive ketones (excluding diaryl/α,β-unsaturated/α-hetero) is 1. The summed E-state index contributed by atoms with van der Waals surface area (Å²) >= 11 is 0. The van der Waals surface area contributed by atoms with E-state index in [2.05, 4.69) is 4.90 Å². The summed E-state index contributed by atoms with van der Waals surface area (Å²) in [5.41, 5.74) is 0.207. The monoisotopic (exact) mass is 414 g/mol. The van der Waals surface area contributed by atoms with Crippen molar-refractivity contribution in [1.29, 1.82) is 0 Å². The summed E-state index contributed by atoms with van der Waals surface area (Å²) in [6, 6.07) is 7.73. The number of carbonyl (C=O) groups excluding carboxylic acids is 2. The van der Waals surface area contributed by atoms with E-state index in [1.165, 1.54) is 29.2 Å². The molecule has 1 atom stereocenters. The summed E-state index contributed by atoms with van der Waals surface area (Å²) in [7, 11) is 0. The number of hydrogen-bond donors (Lipinski definition) is 1. The first kappa shape index (κ1) is 20.3. The highest BCUT2D eigenvalue weighted by Gasteiger charge is 2.47. The van der Waals surface area contributed by atoms with Crippen LogP contribution in [-0.2, 0) is 14.3 Å². The second-order valence-electron chi connectivity index (χ2n) is 7.40. The van der Waals surface area contributed by atoms with Crippen LogP contribution in [0.1, 0.15) is 23.1 Å². The zero-order valence-electron chi connectivity index (χ0n) is 16.6. The Morgan fingerprint density at radius 2 is 1.80 bits per heavy atom. The lowest BCUT2D eigenvalue weighted by Crippen LogP contribution is -2.42. The minimum atomic E-state index is -0.843. The fourth-order valence-corrected chi connectivity index (χ4v) is 3.84. The third-order valence-corrected chi connectivity index (χ3v) is 5.45. The number of morpholine rings is 1. The number of halogens is 1. The van der Waals surface area contributed by atoms with E-state index in [1.54, 1.807) is 19.1 Å². The smallest absolute Gasteiger partial charge is 0.295 e. The number of furan rings is 1. The molecule has 2 fully saturated rings. The zero-order chi connectivity index (χ0) is 21.3. The number of aryl methyl sites for hydroxylation is 1. The SMILES string of the molecule is Cc1ccc([C@@H]2C(=C(O)c3ccc(F)cc3)C(=O)C(=O)N2CCN2CCOCC2)o1. The maximum Gasteiger partial charge on any atom is 0.295 e. The summed E-state index contributed by atoms with van der Waals surface area (Å²) in [6.07, 6.45) is 0. The topological polar surface area (TPSA) is 83.2 Å². The third kappa shape index (κ3) is 3.88. The molecule has 158 valence electrons. The summed E-state index contributed by atoms with van der Waals surface area (Å²) in [6.45, 7) is 5.41. The molecular formula is C22H23FN2O5. The van der Waals surface area contributed by atoms with E-state index in [0.29, 0.717) is 37.8 Å². The van der Waals surface area contributed by atoms with Crippen LogP contribution in [0.15, 0.2) is 46.4 Å². The summed E-state index contributed by atoms with van der Waals surface area (Å²) in [5.74, 6) is -1.25. The molecule has 1 amide bonds. The second kappa shape index (κ2) is 8.41. The first-order valence-corrected chi connectivity index (χ1v) is 9.86. The Balaban J connectivity index is 1.70. The number of carbonyl (C=O) groups is 2. The molecule has 1 aromatic carbocycles. The van der Waals surface area contributed by atoms with Crippen LogP contribution in [0.2, 0.25) is 0 Å². The first-order chi connectivity index (χ1) is 14.5. The van der Waals surface area contributed by atoms with Gasteiger partial charge < -0.3 is 19.2 Å². The first-order valence-electron chi connectivity index (χ1n) is 9.86. The highest BCUT2D eigenvalue weighted by Crippen LogP contribution is 2.39. The van der Waals surface area contributed by atoms with Crippen LogP contribution in [-0.4, -0.2) is 66.0 Å². The summed E-state index contributed by atoms with van der Waals surface area (Å²) in [5, 5.41) is 10.9. The van der Waals surface area contributed by atoms with Crippen LogP contribution in [0.3, 0.4) is 0 Å². The molecule has 0 aliphatic carbocycles. The Bertz CT molecular complexity index is 976. The highest BCUT2D eigenvalue weighted by atomic mass is 19.1. The van der Waals surface area contributed by atoms with Gasteiger partial charge in [0.1, 0.15) is 29.1 Å². The molecule has 0 spiro atoms. The normalized spacial score (nSPS) is 22.1. The molecule has 8 heteroatoms. The fraction of sp³-hybridized carbons (Fsp3) is 0.364. The van der Waals surface area contributed by atoms with E-state index in [1.807, 2.05) is 0 Å². The average molecular weight is 414 g/mol. The standard InChI is InChI=1S/C22H23FN2O5/c1-14-2-7-17(30-14)19-18(20(26)15-3-5-16(23)6-4-15)21(27)22(28)25(19)9-8-24-10-12-29-13-11-24/h2-7,19,26H,8-13H2,1H3/t19-/m1/s1. The zero-order valence-corrected chi connectivity index (χ0v) is 16.6. The van der Waals surface area contributed by atoms with Gasteiger partial charge in [-0.1, -0.05) is 0 Å². The van der Waals surface area contributed by atoms with Gasteiger partial charge in [0.05, 0.1) is 18.8 Å². The molecule has 0 radical (unpaired) electrons. The van der Waals surface area contributed by atoms with Crippen molar-refractivity contribution in [2.45, 2.75) is 13.0 Å². The number of hydrogen-bond acceptors (Lipinski definition) is 6. The molecule has 1 N–H and O–H groups in total. The Morgan fingerprint density at radius 3 is 2.43 bits per heavy atom. The largest absolute Gasteiger partial charge is 0.507 e. The molecule has 4 rings (SSSR count). The van der Waals surface area contributed by atoms with E-state index >= 15 is 0 Å². The van der Waals surface area contributed by atoms with Gasteiger partial charge in [0.2, 0.25) is 0 Å². The van der Waals surface area contributed by atoms with Crippen LogP contribution < -0.4 is 0 Å². The van der Waals surface area contributed by atoms with Crippen molar-refractivity contribution in [3.8, 4) is 0 Å². The van der Waals surface area contributed by atoms with Gasteiger partial charge in [0, 0.05) is 31.7 Å². The number of rotatable bonds is 5. The Kier molecular flexibility index (Phi) is 5.69. The number of benzene rings is 1. The van der Waals surface area contributed by atoms with E-state index in [4.69, 9.17) is 9.15 Å². The van der Waals surface area contributed by atoms with E-state index in [-0.39, 0.29) is 16.9 Å². The third-order valence-electron chi connectivity index (χ3n) is 5.45. The molecule has 2 aliphatic heterocycles. The Morgan fingerprint density at radius 1 is 1.10 bits per heavy atom. The predicted octanol–water partition coefficient (Wildman–Crippen LogP) is 2.48. The van der Waals surface area contributed by atoms with Crippen molar-refractivity contribution in [2.75, 3.05) is 39.4 Å². The van der Waals surface area contributed by atoms with E-state index < -0.39 is 23.5 Å². The van der Waals surface area contributed by atoms with Crippen LogP contribution in [0.25, 0.3) is 5.76 Å². The van der Waals surface area contributed by atoms with Gasteiger partial charge in [0.25, 0.3) is 11.7 Å². The van der Waals surface area contributed by atoms with Gasteiger partial charge in [0.15, 0.2) is 0 Å². The fourth-order valence-electron chi connectivity index (χ4n) is 3.84. The second-order valence-corrected chi connectivity index (χ2v) is 7.40. The van der Waals surface area contributed by atoms with Crippen LogP contribution >= 0.6 is 0 Å². The summed E-state index contributed by atoms with van der Waals surface area (Å²) in [4.78, 5) is 29.3. The van der Waals surface area contributed by atoms with Crippen molar-refractivity contribution < 1.29 is 28.2 Å². The number of nitrogens with zero attached hydrogens (tertiary/aromatic N) is 2. The van der Waals surface area contributed by atoms with Crippen molar-refractivity contribution in [2.24, 2.45) is 0 Å². The average Bonchev–Trinajstić information content (AvgIpc) is 3.28. The molecule has 3 heterocycles. The molecule has 0 bridgehead atoms. The lowest BCUT2D eigenvalue weighted by molar-refractivity contribution is -0.140. The number of amides is 1. The molecule has 7 nitrogen and oxygen atoms in total. The van der Waals surface area contributed by atoms with Gasteiger partial charge >= 0.3 is 0 Å². The Hall–Kier alpha value is -2.97. The molecule has 2 aliphatic rings. The summed E-state index contributed by atoms with van der Waals surface area (Å²) < 4.78 is 24.4. The quantitative estimate of drug-likeness (QED) is 0.460. The Labute approximate surface area is 173 Å². The van der Waals surface area contributed by atoms with E-state index in [9.17, 15) is 19.1 Å². The molecular weight excluding hydrogens is 391 g/mol. The molecule has 1 aromatic heterocycles. The number of ketones is 1.